The van der Waals surface area contributed by atoms with Crippen LogP contribution in [0.1, 0.15) is 19.8 Å². The number of carbonyl (C=O) groups is 1. The molecule has 28 heavy (non-hydrogen) atoms. The van der Waals surface area contributed by atoms with Gasteiger partial charge in [-0.15, -0.1) is 0 Å². The molecule has 7 nitrogen and oxygen atoms in total. The first-order valence-corrected chi connectivity index (χ1v) is 9.47. The van der Waals surface area contributed by atoms with Gasteiger partial charge in [0.15, 0.2) is 5.96 Å². The number of carbonyl (C=O) groups excluding carboxylic acids is 1. The van der Waals surface area contributed by atoms with E-state index >= 15 is 0 Å². The van der Waals surface area contributed by atoms with Crippen molar-refractivity contribution in [1.82, 2.24) is 5.32 Å². The first kappa shape index (κ1) is 19.5. The van der Waals surface area contributed by atoms with Gasteiger partial charge >= 0.3 is 6.09 Å². The van der Waals surface area contributed by atoms with Gasteiger partial charge in [0.2, 0.25) is 0 Å². The number of benzene rings is 2. The minimum absolute atomic E-state index is 0.0628. The number of nitrogens with zero attached hydrogens (tertiary/aromatic N) is 1. The number of hydrogen-bond acceptors (Lipinski definition) is 4. The molecule has 4 N–H and O–H groups in total. The second kappa shape index (κ2) is 9.64. The van der Waals surface area contributed by atoms with E-state index in [4.69, 9.17) is 15.2 Å². The molecule has 3 rings (SSSR count). The van der Waals surface area contributed by atoms with Crippen LogP contribution in [0.5, 0.6) is 11.5 Å². The summed E-state index contributed by atoms with van der Waals surface area (Å²) in [6.45, 7) is 2.53. The molecular formula is C21H26N4O3. The molecule has 1 atom stereocenters. The van der Waals surface area contributed by atoms with Crippen LogP contribution in [0.2, 0.25) is 0 Å². The largest absolute Gasteiger partial charge is 0.457 e. The Hall–Kier alpha value is -3.22. The van der Waals surface area contributed by atoms with Crippen LogP contribution in [0.15, 0.2) is 59.6 Å². The lowest BCUT2D eigenvalue weighted by Gasteiger charge is -2.16. The lowest BCUT2D eigenvalue weighted by atomic mass is 10.2. The highest BCUT2D eigenvalue weighted by molar-refractivity contribution is 5.92. The molecule has 0 bridgehead atoms. The molecule has 1 saturated carbocycles. The van der Waals surface area contributed by atoms with Crippen LogP contribution >= 0.6 is 0 Å². The normalized spacial score (nSPS) is 14.8. The summed E-state index contributed by atoms with van der Waals surface area (Å²) in [5.41, 5.74) is 6.79. The zero-order valence-electron chi connectivity index (χ0n) is 15.9. The molecule has 7 heteroatoms. The van der Waals surface area contributed by atoms with E-state index in [1.54, 1.807) is 6.92 Å². The lowest BCUT2D eigenvalue weighted by Crippen LogP contribution is -2.39. The molecule has 2 aromatic carbocycles. The van der Waals surface area contributed by atoms with Gasteiger partial charge in [0.1, 0.15) is 11.5 Å². The lowest BCUT2D eigenvalue weighted by molar-refractivity contribution is 0.147. The highest BCUT2D eigenvalue weighted by atomic mass is 16.5. The van der Waals surface area contributed by atoms with Crippen molar-refractivity contribution in [2.24, 2.45) is 16.6 Å². The summed E-state index contributed by atoms with van der Waals surface area (Å²) in [4.78, 5) is 16.0. The second-order valence-corrected chi connectivity index (χ2v) is 6.60. The van der Waals surface area contributed by atoms with E-state index in [9.17, 15) is 4.79 Å². The summed E-state index contributed by atoms with van der Waals surface area (Å²) in [5, 5.41) is 5.93. The van der Waals surface area contributed by atoms with Crippen molar-refractivity contribution in [3.8, 4) is 11.5 Å². The second-order valence-electron chi connectivity index (χ2n) is 6.60. The highest BCUT2D eigenvalue weighted by Gasteiger charge is 2.32. The molecule has 1 aliphatic rings. The van der Waals surface area contributed by atoms with Crippen LogP contribution in [0.4, 0.5) is 10.5 Å². The molecule has 0 saturated heterocycles. The van der Waals surface area contributed by atoms with Crippen LogP contribution < -0.4 is 21.1 Å². The molecule has 2 aromatic rings. The van der Waals surface area contributed by atoms with Crippen LogP contribution in [0.25, 0.3) is 0 Å². The van der Waals surface area contributed by atoms with Crippen molar-refractivity contribution in [3.05, 3.63) is 54.6 Å². The topological polar surface area (TPSA) is 98.0 Å². The number of hydrogen-bond donors (Lipinski definition) is 3. The van der Waals surface area contributed by atoms with Gasteiger partial charge in [-0.25, -0.2) is 4.79 Å². The van der Waals surface area contributed by atoms with Gasteiger partial charge in [0.05, 0.1) is 19.2 Å². The Morgan fingerprint density at radius 2 is 1.93 bits per heavy atom. The Labute approximate surface area is 164 Å². The monoisotopic (exact) mass is 382 g/mol. The molecule has 148 valence electrons. The fourth-order valence-corrected chi connectivity index (χ4v) is 2.78. The summed E-state index contributed by atoms with van der Waals surface area (Å²) < 4.78 is 10.8. The Balaban J connectivity index is 1.56. The van der Waals surface area contributed by atoms with Gasteiger partial charge in [0.25, 0.3) is 0 Å². The Bertz CT molecular complexity index is 806. The summed E-state index contributed by atoms with van der Waals surface area (Å²) in [6, 6.07) is 17.0. The molecule has 0 aromatic heterocycles. The smallest absolute Gasteiger partial charge is 0.407 e. The first-order chi connectivity index (χ1) is 13.6. The number of alkyl carbamates (subject to hydrolysis) is 1. The molecule has 0 heterocycles. The number of nitrogens with two attached hydrogens (primary N) is 1. The van der Waals surface area contributed by atoms with Gasteiger partial charge in [-0.2, -0.15) is 0 Å². The van der Waals surface area contributed by atoms with Crippen molar-refractivity contribution in [2.45, 2.75) is 25.8 Å². The molecule has 1 amide bonds. The molecule has 1 fully saturated rings. The van der Waals surface area contributed by atoms with Crippen molar-refractivity contribution < 1.29 is 14.3 Å². The molecule has 0 aliphatic heterocycles. The van der Waals surface area contributed by atoms with Crippen LogP contribution in [-0.4, -0.2) is 31.2 Å². The first-order valence-electron chi connectivity index (χ1n) is 9.47. The maximum atomic E-state index is 11.7. The molecule has 1 aliphatic carbocycles. The summed E-state index contributed by atoms with van der Waals surface area (Å²) in [5.74, 6) is 2.18. The predicted molar refractivity (Wildman–Crippen MR) is 110 cm³/mol. The van der Waals surface area contributed by atoms with Crippen molar-refractivity contribution in [3.63, 3.8) is 0 Å². The average Bonchev–Trinajstić information content (AvgIpc) is 3.52. The van der Waals surface area contributed by atoms with Crippen LogP contribution in [0, 0.1) is 5.92 Å². The molecule has 0 spiro atoms. The van der Waals surface area contributed by atoms with Gasteiger partial charge in [-0.1, -0.05) is 24.3 Å². The van der Waals surface area contributed by atoms with E-state index in [-0.39, 0.29) is 12.0 Å². The van der Waals surface area contributed by atoms with Crippen molar-refractivity contribution in [1.29, 1.82) is 0 Å². The van der Waals surface area contributed by atoms with E-state index in [1.165, 1.54) is 0 Å². The summed E-state index contributed by atoms with van der Waals surface area (Å²) in [6.07, 6.45) is 1.75. The van der Waals surface area contributed by atoms with Crippen LogP contribution in [-0.2, 0) is 4.74 Å². The Morgan fingerprint density at radius 1 is 1.18 bits per heavy atom. The number of amides is 1. The maximum absolute atomic E-state index is 11.7. The van der Waals surface area contributed by atoms with E-state index in [1.807, 2.05) is 54.6 Å². The molecule has 0 radical (unpaired) electrons. The standard InChI is InChI=1S/C21H26N4O3/c1-2-27-21(26)25-19(15-11-12-15)14-23-20(22)24-16-7-6-10-18(13-16)28-17-8-4-3-5-9-17/h3-10,13,15,19H,2,11-12,14H2,1H3,(H,25,26)(H3,22,23,24). The van der Waals surface area contributed by atoms with Crippen molar-refractivity contribution >= 4 is 17.7 Å². The average molecular weight is 382 g/mol. The number of nitrogens with one attached hydrogen (secondary N) is 2. The minimum Gasteiger partial charge on any atom is -0.457 e. The van der Waals surface area contributed by atoms with E-state index < -0.39 is 6.09 Å². The fourth-order valence-electron chi connectivity index (χ4n) is 2.78. The molecule has 1 unspecified atom stereocenters. The molecular weight excluding hydrogens is 356 g/mol. The summed E-state index contributed by atoms with van der Waals surface area (Å²) >= 11 is 0. The number of para-hydroxylation sites is 1. The Morgan fingerprint density at radius 3 is 2.64 bits per heavy atom. The van der Waals surface area contributed by atoms with Gasteiger partial charge in [-0.05, 0) is 49.9 Å². The number of aliphatic imine (C=N–C) groups is 1. The van der Waals surface area contributed by atoms with Gasteiger partial charge in [-0.3, -0.25) is 4.99 Å². The quantitative estimate of drug-likeness (QED) is 0.477. The zero-order chi connectivity index (χ0) is 19.8. The van der Waals surface area contributed by atoms with Crippen LogP contribution in [0.3, 0.4) is 0 Å². The highest BCUT2D eigenvalue weighted by Crippen LogP contribution is 2.32. The Kier molecular flexibility index (Phi) is 6.73. The third kappa shape index (κ3) is 6.19. The number of anilines is 1. The van der Waals surface area contributed by atoms with Gasteiger partial charge < -0.3 is 25.8 Å². The van der Waals surface area contributed by atoms with E-state index in [2.05, 4.69) is 15.6 Å². The van der Waals surface area contributed by atoms with Gasteiger partial charge in [0, 0.05) is 11.8 Å². The van der Waals surface area contributed by atoms with E-state index in [0.717, 1.165) is 24.3 Å². The summed E-state index contributed by atoms with van der Waals surface area (Å²) in [7, 11) is 0. The number of rotatable bonds is 8. The maximum Gasteiger partial charge on any atom is 0.407 e. The van der Waals surface area contributed by atoms with Crippen molar-refractivity contribution in [2.75, 3.05) is 18.5 Å². The SMILES string of the molecule is CCOC(=O)NC(CN=C(N)Nc1cccc(Oc2ccccc2)c1)C1CC1. The number of guanidine groups is 1. The third-order valence-electron chi connectivity index (χ3n) is 4.31. The predicted octanol–water partition coefficient (Wildman–Crippen LogP) is 3.73. The zero-order valence-corrected chi connectivity index (χ0v) is 15.9. The van der Waals surface area contributed by atoms with E-state index in [0.29, 0.717) is 24.8 Å². The third-order valence-corrected chi connectivity index (χ3v) is 4.31. The number of ether oxygens (including phenoxy) is 2. The minimum atomic E-state index is -0.410. The fraction of sp³-hybridized carbons (Fsp3) is 0.333.